The van der Waals surface area contributed by atoms with Gasteiger partial charge in [-0.15, -0.1) is 11.8 Å². The molecule has 25 heavy (non-hydrogen) atoms. The van der Waals surface area contributed by atoms with Crippen molar-refractivity contribution >= 4 is 28.5 Å². The molecule has 2 aromatic carbocycles. The van der Waals surface area contributed by atoms with Gasteiger partial charge in [-0.3, -0.25) is 9.78 Å². The highest BCUT2D eigenvalue weighted by atomic mass is 32.2. The number of carboxylic acids is 1. The highest BCUT2D eigenvalue weighted by Crippen LogP contribution is 2.40. The van der Waals surface area contributed by atoms with E-state index in [-0.39, 0.29) is 27.5 Å². The minimum Gasteiger partial charge on any atom is -0.480 e. The summed E-state index contributed by atoms with van der Waals surface area (Å²) < 4.78 is 48.2. The lowest BCUT2D eigenvalue weighted by atomic mass is 9.96. The maximum Gasteiger partial charge on any atom is 0.319 e. The Morgan fingerprint density at radius 3 is 2.64 bits per heavy atom. The number of thioether (sulfide) groups is 1. The fraction of sp³-hybridized carbons (Fsp3) is 0.150. The van der Waals surface area contributed by atoms with Crippen LogP contribution in [-0.2, 0) is 4.79 Å². The van der Waals surface area contributed by atoms with Crippen molar-refractivity contribution in [1.82, 2.24) is 4.98 Å². The topological polar surface area (TPSA) is 74.0 Å². The molecule has 4 nitrogen and oxygen atoms in total. The molecule has 0 unspecified atom stereocenters. The normalized spacial score (nSPS) is 14.6. The summed E-state index contributed by atoms with van der Waals surface area (Å²) in [5, 5.41) is 18.8. The van der Waals surface area contributed by atoms with Crippen LogP contribution in [-0.4, -0.2) is 20.8 Å². The van der Waals surface area contributed by atoms with Crippen molar-refractivity contribution in [2.45, 2.75) is 23.5 Å². The maximum absolute atomic E-state index is 11.6. The molecule has 0 atom stereocenters. The Balaban J connectivity index is 2.53. The van der Waals surface area contributed by atoms with Crippen molar-refractivity contribution in [2.24, 2.45) is 0 Å². The SMILES string of the molecule is [2H]c1c([2H])c([2H])c2c(-c3cnccc3SC(C)(C)C(=O)O)c([2H])c([2H])c(C#N)c2c1[2H]. The third-order valence-corrected chi connectivity index (χ3v) is 4.80. The van der Waals surface area contributed by atoms with Crippen LogP contribution < -0.4 is 0 Å². The number of aliphatic carboxylic acids is 1. The molecule has 124 valence electrons. The molecular formula is C20H16N2O2S. The molecule has 0 saturated heterocycles. The Kier molecular flexibility index (Phi) is 2.87. The standard InChI is InChI=1S/C20H16N2O2S/c1-20(2,19(23)24)25-18-9-10-22-12-17(18)16-8-7-13(11-21)14-5-3-4-6-15(14)16/h3-10,12H,1-2H3,(H,23,24)/i3D,4D,5D,6D,7D,8D. The van der Waals surface area contributed by atoms with Gasteiger partial charge in [0, 0.05) is 28.2 Å². The third kappa shape index (κ3) is 3.21. The van der Waals surface area contributed by atoms with E-state index in [1.165, 1.54) is 26.2 Å². The molecule has 0 amide bonds. The summed E-state index contributed by atoms with van der Waals surface area (Å²) in [7, 11) is 0. The van der Waals surface area contributed by atoms with E-state index in [4.69, 9.17) is 8.22 Å². The number of rotatable bonds is 4. The first-order valence-corrected chi connectivity index (χ1v) is 8.05. The average molecular weight is 354 g/mol. The molecule has 1 heterocycles. The molecule has 0 aliphatic rings. The highest BCUT2D eigenvalue weighted by molar-refractivity contribution is 8.01. The van der Waals surface area contributed by atoms with Crippen LogP contribution in [0.15, 0.2) is 59.6 Å². The van der Waals surface area contributed by atoms with Gasteiger partial charge in [-0.1, -0.05) is 30.2 Å². The van der Waals surface area contributed by atoms with Crippen molar-refractivity contribution in [2.75, 3.05) is 0 Å². The molecule has 0 aliphatic heterocycles. The summed E-state index contributed by atoms with van der Waals surface area (Å²) in [4.78, 5) is 16.1. The number of benzene rings is 2. The first kappa shape index (κ1) is 10.9. The predicted molar refractivity (Wildman–Crippen MR) is 99.5 cm³/mol. The van der Waals surface area contributed by atoms with Gasteiger partial charge in [-0.25, -0.2) is 0 Å². The van der Waals surface area contributed by atoms with Gasteiger partial charge in [0.15, 0.2) is 0 Å². The van der Waals surface area contributed by atoms with Gasteiger partial charge in [0.2, 0.25) is 0 Å². The summed E-state index contributed by atoms with van der Waals surface area (Å²) in [5.41, 5.74) is -0.0673. The van der Waals surface area contributed by atoms with Crippen LogP contribution in [0.25, 0.3) is 21.9 Å². The largest absolute Gasteiger partial charge is 0.480 e. The zero-order chi connectivity index (χ0) is 23.2. The van der Waals surface area contributed by atoms with Gasteiger partial charge in [0.1, 0.15) is 4.75 Å². The van der Waals surface area contributed by atoms with E-state index in [1.54, 1.807) is 12.1 Å². The fourth-order valence-corrected chi connectivity index (χ4v) is 3.23. The molecule has 0 bridgehead atoms. The first-order chi connectivity index (χ1) is 14.4. The lowest BCUT2D eigenvalue weighted by molar-refractivity contribution is -0.138. The molecule has 3 rings (SSSR count). The fourth-order valence-electron chi connectivity index (χ4n) is 2.20. The quantitative estimate of drug-likeness (QED) is 0.686. The Bertz CT molecular complexity index is 1300. The van der Waals surface area contributed by atoms with Crippen LogP contribution in [0, 0.1) is 11.3 Å². The number of carbonyl (C=O) groups is 1. The second-order valence-electron chi connectivity index (χ2n) is 5.65. The minimum atomic E-state index is -1.25. The van der Waals surface area contributed by atoms with Crippen LogP contribution in [0.5, 0.6) is 0 Å². The first-order valence-electron chi connectivity index (χ1n) is 10.2. The minimum absolute atomic E-state index is 0.00258. The second-order valence-corrected chi connectivity index (χ2v) is 7.32. The zero-order valence-electron chi connectivity index (χ0n) is 19.4. The molecule has 1 N–H and O–H groups in total. The van der Waals surface area contributed by atoms with Crippen LogP contribution in [0.1, 0.15) is 27.6 Å². The Hall–Kier alpha value is -2.84. The van der Waals surface area contributed by atoms with E-state index in [2.05, 4.69) is 4.98 Å². The molecule has 1 aromatic heterocycles. The van der Waals surface area contributed by atoms with E-state index < -0.39 is 47.0 Å². The number of aromatic nitrogens is 1. The number of carboxylic acid groups (broad SMARTS) is 1. The Morgan fingerprint density at radius 2 is 1.96 bits per heavy atom. The van der Waals surface area contributed by atoms with E-state index >= 15 is 0 Å². The maximum atomic E-state index is 11.6. The smallest absolute Gasteiger partial charge is 0.319 e. The summed E-state index contributed by atoms with van der Waals surface area (Å²) in [6.07, 6.45) is 2.80. The van der Waals surface area contributed by atoms with Crippen molar-refractivity contribution in [3.05, 3.63) is 60.3 Å². The van der Waals surface area contributed by atoms with Gasteiger partial charge in [-0.05, 0) is 36.9 Å². The monoisotopic (exact) mass is 354 g/mol. The number of fused-ring (bicyclic) bond motifs is 1. The number of hydrogen-bond acceptors (Lipinski definition) is 4. The molecule has 0 radical (unpaired) electrons. The zero-order valence-corrected chi connectivity index (χ0v) is 14.2. The number of nitrogens with zero attached hydrogens (tertiary/aromatic N) is 2. The second kappa shape index (κ2) is 6.58. The number of nitriles is 1. The van der Waals surface area contributed by atoms with E-state index in [9.17, 15) is 15.2 Å². The van der Waals surface area contributed by atoms with Crippen molar-refractivity contribution in [3.63, 3.8) is 0 Å². The number of hydrogen-bond donors (Lipinski definition) is 1. The van der Waals surface area contributed by atoms with Crippen molar-refractivity contribution in [1.29, 1.82) is 5.26 Å². The van der Waals surface area contributed by atoms with Crippen molar-refractivity contribution in [3.8, 4) is 17.2 Å². The van der Waals surface area contributed by atoms with Gasteiger partial charge in [-0.2, -0.15) is 5.26 Å². The molecule has 5 heteroatoms. The molecule has 0 fully saturated rings. The van der Waals surface area contributed by atoms with E-state index in [1.807, 2.05) is 0 Å². The highest BCUT2D eigenvalue weighted by Gasteiger charge is 2.29. The molecule has 0 saturated carbocycles. The van der Waals surface area contributed by atoms with Crippen LogP contribution >= 0.6 is 11.8 Å². The summed E-state index contributed by atoms with van der Waals surface area (Å²) in [6.45, 7) is 3.01. The van der Waals surface area contributed by atoms with Crippen molar-refractivity contribution < 1.29 is 18.1 Å². The van der Waals surface area contributed by atoms with Gasteiger partial charge < -0.3 is 5.11 Å². The summed E-state index contributed by atoms with van der Waals surface area (Å²) >= 11 is 0.985. The number of pyridine rings is 1. The Morgan fingerprint density at radius 1 is 1.24 bits per heavy atom. The van der Waals surface area contributed by atoms with Crippen LogP contribution in [0.2, 0.25) is 0 Å². The molecule has 3 aromatic rings. The molecule has 0 spiro atoms. The third-order valence-electron chi connectivity index (χ3n) is 3.54. The van der Waals surface area contributed by atoms with Gasteiger partial charge >= 0.3 is 5.97 Å². The van der Waals surface area contributed by atoms with Gasteiger partial charge in [0.25, 0.3) is 0 Å². The lowest BCUT2D eigenvalue weighted by Crippen LogP contribution is -2.27. The lowest BCUT2D eigenvalue weighted by Gasteiger charge is -2.20. The average Bonchev–Trinajstić information content (AvgIpc) is 2.72. The molecule has 0 aliphatic carbocycles. The van der Waals surface area contributed by atoms with Crippen LogP contribution in [0.4, 0.5) is 0 Å². The van der Waals surface area contributed by atoms with Gasteiger partial charge in [0.05, 0.1) is 19.9 Å². The van der Waals surface area contributed by atoms with E-state index in [0.717, 1.165) is 11.8 Å². The van der Waals surface area contributed by atoms with Crippen LogP contribution in [0.3, 0.4) is 0 Å². The molecular weight excluding hydrogens is 332 g/mol. The predicted octanol–water partition coefficient (Wildman–Crippen LogP) is 4.73. The van der Waals surface area contributed by atoms with E-state index in [0.29, 0.717) is 4.90 Å². The summed E-state index contributed by atoms with van der Waals surface area (Å²) in [6, 6.07) is 0.426. The summed E-state index contributed by atoms with van der Waals surface area (Å²) in [5.74, 6) is -1.07. The Labute approximate surface area is 158 Å².